The number of likely N-dealkylation sites (N-methyl/N-ethyl adjacent to an activating group) is 1. The molecule has 1 spiro atoms. The molecule has 10 rings (SSSR count). The van der Waals surface area contributed by atoms with Crippen molar-refractivity contribution in [3.63, 3.8) is 0 Å². The molecule has 26 heteroatoms. The fourth-order valence-corrected chi connectivity index (χ4v) is 19.9. The number of unbranched alkanes of at least 4 members (excludes halogenated alkanes) is 6. The Morgan fingerprint density at radius 2 is 1.61 bits per heavy atom. The van der Waals surface area contributed by atoms with Crippen molar-refractivity contribution in [1.82, 2.24) is 30.7 Å². The van der Waals surface area contributed by atoms with Gasteiger partial charge in [0.15, 0.2) is 29.6 Å². The highest BCUT2D eigenvalue weighted by atomic mass is 33.1. The van der Waals surface area contributed by atoms with Gasteiger partial charge in [-0.15, -0.1) is 0 Å². The number of carboxylic acid groups (broad SMARTS) is 1. The largest absolute Gasteiger partial charge is 0.496 e. The van der Waals surface area contributed by atoms with Crippen molar-refractivity contribution >= 4 is 73.6 Å². The first-order valence-corrected chi connectivity index (χ1v) is 38.0. The molecule has 3 aromatic rings. The van der Waals surface area contributed by atoms with Crippen LogP contribution in [0.5, 0.6) is 5.75 Å². The zero-order valence-electron chi connectivity index (χ0n) is 57.8. The number of para-hydroxylation sites is 1. The molecule has 2 bridgehead atoms. The number of ketones is 2. The van der Waals surface area contributed by atoms with E-state index in [2.05, 4.69) is 68.8 Å². The number of fused-ring (bicyclic) bond motifs is 6. The number of hydrogen-bond donors (Lipinski definition) is 11. The number of H-pyrrole nitrogens is 1. The van der Waals surface area contributed by atoms with E-state index in [9.17, 15) is 59.7 Å². The third kappa shape index (κ3) is 15.2. The Balaban J connectivity index is 0.754. The van der Waals surface area contributed by atoms with Crippen molar-refractivity contribution in [1.29, 1.82) is 0 Å². The van der Waals surface area contributed by atoms with Crippen molar-refractivity contribution in [2.24, 2.45) is 17.3 Å². The maximum Gasteiger partial charge on any atom is 0.407 e. The van der Waals surface area contributed by atoms with Gasteiger partial charge in [-0.3, -0.25) is 33.8 Å². The van der Waals surface area contributed by atoms with Gasteiger partial charge in [-0.1, -0.05) is 105 Å². The van der Waals surface area contributed by atoms with E-state index in [1.54, 1.807) is 7.11 Å². The van der Waals surface area contributed by atoms with Crippen LogP contribution in [0.4, 0.5) is 10.5 Å². The summed E-state index contributed by atoms with van der Waals surface area (Å²) in [7, 11) is 5.89. The van der Waals surface area contributed by atoms with Gasteiger partial charge in [-0.25, -0.2) is 4.79 Å². The number of alkyl carbamates (subject to hydrolysis) is 1. The highest BCUT2D eigenvalue weighted by Crippen LogP contribution is 2.68. The standard InChI is InChI=1S/C72H105N7O17S2/c1-7-10-22-57(84)75-62(76-58(85)23-15-13-11-12-14-18-30-94-59-36-52(81)60(86)55(41-80)96-59)53(82)33-45(63(87)88)42-98-97-32-31-95-67(90)73-39-56(83)72(92)65-71(26-29-79-27-19-25-70(9-3,64(71)79)66(72)89)48-34-49(54(93-6)35-51(48)77(65)5)68(4)37-44-38-69(91,8-2)43-78(40-44)28-24-47-46-20-16-17-21-50(46)74-61(47)68/h16-17,19-21,25,34-35,44-45,52,55,59-60,62,64-66,74,80-81,86,89,91-92H,7-15,18,22-24,26-33,36-43H2,1-6H3,(H,73,90)(H,75,84)(H,76,85)(H,87,88)/t44-,45+,52+,55?,59?,60?,62-,64-,65+,66+,68+,69-,70+,71+,72-/m0/s1. The quantitative estimate of drug-likeness (QED) is 0.0149. The molecule has 4 fully saturated rings. The molecule has 98 heavy (non-hydrogen) atoms. The molecule has 11 N–H and O–H groups in total. The predicted octanol–water partition coefficient (Wildman–Crippen LogP) is 5.76. The summed E-state index contributed by atoms with van der Waals surface area (Å²) in [5.41, 5.74) is 0.116. The number of Topliss-reactive ketones (excluding diaryl/α,β-unsaturated/α-hetero) is 2. The van der Waals surface area contributed by atoms with Crippen LogP contribution in [0.2, 0.25) is 0 Å². The van der Waals surface area contributed by atoms with E-state index in [1.807, 2.05) is 50.1 Å². The van der Waals surface area contributed by atoms with Crippen LogP contribution in [0.3, 0.4) is 0 Å². The SMILES string of the molecule is CCCCC(=O)N[C@@H](NC(=O)CCCCCCCCOC1C[C@@H](O)C(O)C(CO)O1)C(=O)C[C@H](CSSCCOC(=O)NCC(=O)[C@@]1(O)[C@H](O)[C@]2(CC)C=CCN3CC[C@@]4(c5cc([C@@]6(C)C[C@@H]7CN(CCc8c6[nH]c6ccccc86)C[C@](O)(CC)C7)c(OC)cc5N(C)[C@@H]14)[C@@H]32)C(=O)O. The van der Waals surface area contributed by atoms with E-state index in [1.165, 1.54) is 16.4 Å². The summed E-state index contributed by atoms with van der Waals surface area (Å²) in [5.74, 6) is -3.88. The Kier molecular flexibility index (Phi) is 24.8. The average molecular weight is 1400 g/mol. The normalized spacial score (nSPS) is 31.5. The molecule has 7 aliphatic rings. The molecule has 6 aliphatic heterocycles. The number of aliphatic hydroxyl groups excluding tert-OH is 4. The van der Waals surface area contributed by atoms with Gasteiger partial charge >= 0.3 is 12.1 Å². The number of nitrogens with zero attached hydrogens (tertiary/aromatic N) is 3. The molecule has 1 aliphatic carbocycles. The number of amides is 3. The number of piperidine rings is 1. The third-order valence-electron chi connectivity index (χ3n) is 22.6. The second-order valence-corrected chi connectivity index (χ2v) is 31.4. The highest BCUT2D eigenvalue weighted by Gasteiger charge is 2.78. The summed E-state index contributed by atoms with van der Waals surface area (Å²) in [6.45, 7) is 10.9. The molecule has 2 aromatic carbocycles. The lowest BCUT2D eigenvalue weighted by molar-refractivity contribution is -0.256. The van der Waals surface area contributed by atoms with E-state index in [0.29, 0.717) is 76.9 Å². The predicted molar refractivity (Wildman–Crippen MR) is 373 cm³/mol. The monoisotopic (exact) mass is 1400 g/mol. The van der Waals surface area contributed by atoms with Gasteiger partial charge in [0.25, 0.3) is 0 Å². The van der Waals surface area contributed by atoms with Crippen LogP contribution in [0.1, 0.15) is 159 Å². The topological polar surface area (TPSA) is 343 Å². The molecule has 3 saturated heterocycles. The molecule has 24 nitrogen and oxygen atoms in total. The van der Waals surface area contributed by atoms with E-state index in [4.69, 9.17) is 18.9 Å². The summed E-state index contributed by atoms with van der Waals surface area (Å²) in [4.78, 5) is 91.7. The number of aromatic nitrogens is 1. The maximum atomic E-state index is 15.3. The molecule has 16 atom stereocenters. The van der Waals surface area contributed by atoms with Gasteiger partial charge in [-0.05, 0) is 100 Å². The lowest BCUT2D eigenvalue weighted by atomic mass is 9.47. The van der Waals surface area contributed by atoms with Crippen LogP contribution in [-0.2, 0) is 55.4 Å². The van der Waals surface area contributed by atoms with E-state index in [-0.39, 0.29) is 49.3 Å². The maximum absolute atomic E-state index is 15.3. The smallest absolute Gasteiger partial charge is 0.407 e. The lowest BCUT2D eigenvalue weighted by Gasteiger charge is -2.63. The van der Waals surface area contributed by atoms with E-state index >= 15 is 4.79 Å². The number of aromatic amines is 1. The number of aliphatic hydroxyl groups is 6. The molecule has 0 radical (unpaired) electrons. The summed E-state index contributed by atoms with van der Waals surface area (Å²) >= 11 is 0. The minimum Gasteiger partial charge on any atom is -0.496 e. The first-order valence-electron chi connectivity index (χ1n) is 35.5. The third-order valence-corrected chi connectivity index (χ3v) is 25.0. The first-order chi connectivity index (χ1) is 46.9. The van der Waals surface area contributed by atoms with Gasteiger partial charge in [0.05, 0.1) is 43.9 Å². The summed E-state index contributed by atoms with van der Waals surface area (Å²) in [5, 5.41) is 87.2. The number of hydrogen-bond acceptors (Lipinski definition) is 21. The Labute approximate surface area is 582 Å². The molecular formula is C72H105N7O17S2. The van der Waals surface area contributed by atoms with Crippen molar-refractivity contribution < 1.29 is 83.5 Å². The van der Waals surface area contributed by atoms with Crippen molar-refractivity contribution in [2.45, 2.75) is 214 Å². The van der Waals surface area contributed by atoms with Crippen LogP contribution in [0.25, 0.3) is 10.9 Å². The molecule has 7 heterocycles. The minimum absolute atomic E-state index is 0.0360. The number of carbonyl (C=O) groups is 6. The fraction of sp³-hybridized carbons (Fsp3) is 0.694. The van der Waals surface area contributed by atoms with Gasteiger partial charge < -0.3 is 80.5 Å². The summed E-state index contributed by atoms with van der Waals surface area (Å²) in [6, 6.07) is 11.4. The number of nitrogens with one attached hydrogen (secondary N) is 4. The Hall–Kier alpha value is -5.36. The first kappa shape index (κ1) is 75.3. The van der Waals surface area contributed by atoms with Crippen LogP contribution >= 0.6 is 21.6 Å². The zero-order valence-corrected chi connectivity index (χ0v) is 59.4. The van der Waals surface area contributed by atoms with Crippen molar-refractivity contribution in [3.05, 3.63) is 70.9 Å². The number of ether oxygens (including phenoxy) is 4. The zero-order chi connectivity index (χ0) is 70.3. The van der Waals surface area contributed by atoms with Crippen LogP contribution in [0.15, 0.2) is 48.6 Å². The van der Waals surface area contributed by atoms with Crippen LogP contribution in [0, 0.1) is 17.3 Å². The number of aliphatic carboxylic acids is 1. The molecule has 542 valence electrons. The molecule has 4 unspecified atom stereocenters. The number of benzene rings is 2. The minimum atomic E-state index is -2.43. The Bertz CT molecular complexity index is 3360. The lowest BCUT2D eigenvalue weighted by Crippen LogP contribution is -2.81. The molecule has 3 amide bonds. The second-order valence-electron chi connectivity index (χ2n) is 28.8. The number of carboxylic acids is 1. The second kappa shape index (κ2) is 32.3. The van der Waals surface area contributed by atoms with Gasteiger partial charge in [-0.2, -0.15) is 0 Å². The van der Waals surface area contributed by atoms with Gasteiger partial charge in [0, 0.05) is 133 Å². The van der Waals surface area contributed by atoms with Gasteiger partial charge in [0.1, 0.15) is 30.7 Å². The Morgan fingerprint density at radius 3 is 2.33 bits per heavy atom. The number of anilines is 1. The molecular weight excluding hydrogens is 1300 g/mol. The molecule has 1 saturated carbocycles. The van der Waals surface area contributed by atoms with Crippen LogP contribution < -0.4 is 25.6 Å². The van der Waals surface area contributed by atoms with Gasteiger partial charge in [0.2, 0.25) is 11.8 Å². The van der Waals surface area contributed by atoms with E-state index < -0.39 is 131 Å². The van der Waals surface area contributed by atoms with Crippen molar-refractivity contribution in [3.8, 4) is 5.75 Å². The number of rotatable bonds is 33. The average Bonchev–Trinajstić information content (AvgIpc) is 1.46. The number of methoxy groups -OCH3 is 1. The number of carbonyl (C=O) groups excluding carboxylic acids is 5. The fourth-order valence-electron chi connectivity index (χ4n) is 17.7. The summed E-state index contributed by atoms with van der Waals surface area (Å²) in [6.07, 6.45) is 5.49. The van der Waals surface area contributed by atoms with E-state index in [0.717, 1.165) is 102 Å². The highest BCUT2D eigenvalue weighted by molar-refractivity contribution is 8.76. The summed E-state index contributed by atoms with van der Waals surface area (Å²) < 4.78 is 23.2. The molecule has 1 aromatic heterocycles. The van der Waals surface area contributed by atoms with Crippen molar-refractivity contribution in [2.75, 3.05) is 89.7 Å². The van der Waals surface area contributed by atoms with Crippen LogP contribution in [-0.4, -0.2) is 231 Å². The Morgan fingerprint density at radius 1 is 0.878 bits per heavy atom.